The minimum absolute atomic E-state index is 0.0739. The molecular formula is C12H25NO6P2. The Hall–Kier alpha value is -0.260. The van der Waals surface area contributed by atoms with Gasteiger partial charge in [-0.25, -0.2) is 0 Å². The molecule has 0 saturated carbocycles. The molecule has 0 amide bonds. The fraction of sp³-hybridized carbons (Fsp3) is 0.667. The third kappa shape index (κ3) is 9.38. The van der Waals surface area contributed by atoms with Crippen molar-refractivity contribution in [3.63, 3.8) is 0 Å². The highest BCUT2D eigenvalue weighted by atomic mass is 31.2. The predicted octanol–water partition coefficient (Wildman–Crippen LogP) is 2.78. The van der Waals surface area contributed by atoms with Gasteiger partial charge in [-0.1, -0.05) is 12.2 Å². The molecule has 0 aliphatic heterocycles. The van der Waals surface area contributed by atoms with Gasteiger partial charge in [0.1, 0.15) is 12.6 Å². The van der Waals surface area contributed by atoms with E-state index in [1.54, 1.807) is 20.8 Å². The van der Waals surface area contributed by atoms with Crippen LogP contribution in [0.1, 0.15) is 20.8 Å². The van der Waals surface area contributed by atoms with Crippen molar-refractivity contribution in [2.24, 2.45) is 0 Å². The first-order chi connectivity index (χ1) is 9.43. The Labute approximate surface area is 126 Å². The van der Waals surface area contributed by atoms with Crippen LogP contribution in [0.2, 0.25) is 0 Å². The first-order valence-corrected chi connectivity index (χ1v) is 9.85. The average molecular weight is 341 g/mol. The van der Waals surface area contributed by atoms with E-state index in [-0.39, 0.29) is 25.8 Å². The van der Waals surface area contributed by atoms with Crippen LogP contribution in [0.5, 0.6) is 0 Å². The summed E-state index contributed by atoms with van der Waals surface area (Å²) in [4.78, 5) is 20.9. The van der Waals surface area contributed by atoms with Crippen molar-refractivity contribution >= 4 is 15.2 Å². The highest BCUT2D eigenvalue weighted by molar-refractivity contribution is 7.53. The first-order valence-electron chi connectivity index (χ1n) is 6.33. The minimum atomic E-state index is -3.93. The lowest BCUT2D eigenvalue weighted by molar-refractivity contribution is 0.153. The SMILES string of the molecule is C=CCOP(=O)(O)CN(CP(=O)(O)OCC=C)C(C)(C)C. The number of hydrogen-bond acceptors (Lipinski definition) is 5. The summed E-state index contributed by atoms with van der Waals surface area (Å²) in [6, 6.07) is 0. The highest BCUT2D eigenvalue weighted by Crippen LogP contribution is 2.49. The zero-order valence-electron chi connectivity index (χ0n) is 12.8. The Morgan fingerprint density at radius 2 is 1.33 bits per heavy atom. The van der Waals surface area contributed by atoms with Crippen LogP contribution in [0.15, 0.2) is 25.3 Å². The van der Waals surface area contributed by atoms with Crippen molar-refractivity contribution in [2.75, 3.05) is 25.8 Å². The Morgan fingerprint density at radius 3 is 1.57 bits per heavy atom. The Morgan fingerprint density at radius 1 is 1.00 bits per heavy atom. The average Bonchev–Trinajstić information content (AvgIpc) is 2.31. The lowest BCUT2D eigenvalue weighted by Gasteiger charge is -2.36. The van der Waals surface area contributed by atoms with Crippen LogP contribution < -0.4 is 0 Å². The summed E-state index contributed by atoms with van der Waals surface area (Å²) in [5.74, 6) is 0. The van der Waals surface area contributed by atoms with E-state index in [1.165, 1.54) is 17.1 Å². The van der Waals surface area contributed by atoms with Crippen molar-refractivity contribution in [1.29, 1.82) is 0 Å². The summed E-state index contributed by atoms with van der Waals surface area (Å²) in [6.07, 6.45) is 1.95. The predicted molar refractivity (Wildman–Crippen MR) is 83.3 cm³/mol. The third-order valence-corrected chi connectivity index (χ3v) is 4.94. The molecule has 2 N–H and O–H groups in total. The van der Waals surface area contributed by atoms with E-state index in [1.807, 2.05) is 0 Å². The molecule has 0 radical (unpaired) electrons. The first kappa shape index (κ1) is 20.7. The van der Waals surface area contributed by atoms with Gasteiger partial charge in [-0.3, -0.25) is 14.0 Å². The summed E-state index contributed by atoms with van der Waals surface area (Å²) in [7, 11) is -7.85. The molecule has 0 aromatic heterocycles. The van der Waals surface area contributed by atoms with Crippen molar-refractivity contribution < 1.29 is 28.0 Å². The Bertz CT molecular complexity index is 412. The lowest BCUT2D eigenvalue weighted by Crippen LogP contribution is -2.42. The van der Waals surface area contributed by atoms with Gasteiger partial charge < -0.3 is 18.8 Å². The van der Waals surface area contributed by atoms with Gasteiger partial charge in [0.05, 0.1) is 13.2 Å². The largest absolute Gasteiger partial charge is 0.342 e. The number of hydrogen-bond donors (Lipinski definition) is 2. The lowest BCUT2D eigenvalue weighted by atomic mass is 10.1. The maximum atomic E-state index is 11.9. The topological polar surface area (TPSA) is 96.3 Å². The van der Waals surface area contributed by atoms with Gasteiger partial charge in [0.2, 0.25) is 0 Å². The van der Waals surface area contributed by atoms with E-state index in [0.29, 0.717) is 0 Å². The van der Waals surface area contributed by atoms with Gasteiger partial charge in [-0.15, -0.1) is 13.2 Å². The standard InChI is InChI=1S/C12H25NO6P2/c1-6-8-18-20(14,15)10-13(12(3,4)5)11-21(16,17)19-9-7-2/h6-7H,1-2,8-11H2,3-5H3,(H,14,15)(H,16,17). The summed E-state index contributed by atoms with van der Waals surface area (Å²) < 4.78 is 33.5. The van der Waals surface area contributed by atoms with Crippen molar-refractivity contribution in [2.45, 2.75) is 26.3 Å². The van der Waals surface area contributed by atoms with Crippen LogP contribution in [0, 0.1) is 0 Å². The second-order valence-corrected chi connectivity index (χ2v) is 9.07. The van der Waals surface area contributed by atoms with Crippen LogP contribution in [-0.2, 0) is 18.2 Å². The fourth-order valence-corrected chi connectivity index (χ4v) is 4.23. The van der Waals surface area contributed by atoms with Gasteiger partial charge in [-0.05, 0) is 20.8 Å². The molecule has 0 heterocycles. The zero-order chi connectivity index (χ0) is 16.7. The zero-order valence-corrected chi connectivity index (χ0v) is 14.6. The van der Waals surface area contributed by atoms with Crippen molar-refractivity contribution in [3.8, 4) is 0 Å². The molecule has 0 fully saturated rings. The van der Waals surface area contributed by atoms with Gasteiger partial charge in [0.25, 0.3) is 0 Å². The van der Waals surface area contributed by atoms with Crippen LogP contribution in [0.25, 0.3) is 0 Å². The van der Waals surface area contributed by atoms with E-state index in [9.17, 15) is 18.9 Å². The van der Waals surface area contributed by atoms with Gasteiger partial charge >= 0.3 is 15.2 Å². The molecule has 0 aromatic rings. The number of rotatable bonds is 10. The molecule has 7 nitrogen and oxygen atoms in total. The maximum absolute atomic E-state index is 11.9. The minimum Gasteiger partial charge on any atom is -0.323 e. The normalized spacial score (nSPS) is 18.0. The Balaban J connectivity index is 4.98. The molecular weight excluding hydrogens is 316 g/mol. The van der Waals surface area contributed by atoms with Crippen LogP contribution >= 0.6 is 15.2 Å². The molecule has 124 valence electrons. The molecule has 0 bridgehead atoms. The smallest absolute Gasteiger partial charge is 0.323 e. The molecule has 0 aromatic carbocycles. The molecule has 0 aliphatic carbocycles. The van der Waals surface area contributed by atoms with E-state index >= 15 is 0 Å². The monoisotopic (exact) mass is 341 g/mol. The van der Waals surface area contributed by atoms with Crippen molar-refractivity contribution in [1.82, 2.24) is 4.90 Å². The van der Waals surface area contributed by atoms with Crippen LogP contribution in [0.4, 0.5) is 0 Å². The summed E-state index contributed by atoms with van der Waals surface area (Å²) in [6.45, 7) is 11.9. The van der Waals surface area contributed by atoms with Gasteiger partial charge in [-0.2, -0.15) is 0 Å². The van der Waals surface area contributed by atoms with E-state index in [2.05, 4.69) is 13.2 Å². The fourth-order valence-electron chi connectivity index (χ4n) is 1.32. The molecule has 0 spiro atoms. The van der Waals surface area contributed by atoms with E-state index in [4.69, 9.17) is 9.05 Å². The molecule has 2 unspecified atom stereocenters. The molecule has 21 heavy (non-hydrogen) atoms. The molecule has 0 aliphatic rings. The maximum Gasteiger partial charge on any atom is 0.342 e. The third-order valence-electron chi connectivity index (χ3n) is 2.44. The van der Waals surface area contributed by atoms with Gasteiger partial charge in [0.15, 0.2) is 0 Å². The van der Waals surface area contributed by atoms with E-state index < -0.39 is 20.7 Å². The molecule has 0 saturated heterocycles. The summed E-state index contributed by atoms with van der Waals surface area (Å²) >= 11 is 0. The second kappa shape index (κ2) is 8.39. The van der Waals surface area contributed by atoms with Crippen LogP contribution in [-0.4, -0.2) is 46.0 Å². The quantitative estimate of drug-likeness (QED) is 0.466. The van der Waals surface area contributed by atoms with E-state index in [0.717, 1.165) is 0 Å². The summed E-state index contributed by atoms with van der Waals surface area (Å²) in [5, 5.41) is 0. The van der Waals surface area contributed by atoms with Crippen molar-refractivity contribution in [3.05, 3.63) is 25.3 Å². The molecule has 2 atom stereocenters. The number of nitrogens with zero attached hydrogens (tertiary/aromatic N) is 1. The molecule has 9 heteroatoms. The van der Waals surface area contributed by atoms with Crippen LogP contribution in [0.3, 0.4) is 0 Å². The second-order valence-electron chi connectivity index (χ2n) is 5.44. The Kier molecular flexibility index (Phi) is 8.29. The summed E-state index contributed by atoms with van der Waals surface area (Å²) in [5.41, 5.74) is -0.619. The highest BCUT2D eigenvalue weighted by Gasteiger charge is 2.35. The molecule has 0 rings (SSSR count). The van der Waals surface area contributed by atoms with Gasteiger partial charge in [0, 0.05) is 5.54 Å².